The molecule has 2 heterocycles. The Hall–Kier alpha value is -1.07. The zero-order chi connectivity index (χ0) is 11.4. The SMILES string of the molecule is In1c2ccccc2c2c3ccccc3sc21. The molecule has 0 N–H and O–H groups in total. The van der Waals surface area contributed by atoms with E-state index in [-0.39, 0.29) is 0 Å². The van der Waals surface area contributed by atoms with Gasteiger partial charge in [-0.2, -0.15) is 0 Å². The van der Waals surface area contributed by atoms with Crippen LogP contribution in [0.25, 0.3) is 31.2 Å². The van der Waals surface area contributed by atoms with E-state index >= 15 is 0 Å². The van der Waals surface area contributed by atoms with Crippen molar-refractivity contribution in [2.24, 2.45) is 0 Å². The zero-order valence-corrected chi connectivity index (χ0v) is 11.8. The van der Waals surface area contributed by atoms with E-state index in [4.69, 9.17) is 0 Å². The van der Waals surface area contributed by atoms with Gasteiger partial charge in [0.25, 0.3) is 0 Å². The van der Waals surface area contributed by atoms with Gasteiger partial charge >= 0.3 is 0 Å². The van der Waals surface area contributed by atoms with Gasteiger partial charge in [0.15, 0.2) is 0 Å². The molecule has 0 aliphatic heterocycles. The van der Waals surface area contributed by atoms with Crippen molar-refractivity contribution >= 4 is 65.4 Å². The van der Waals surface area contributed by atoms with E-state index in [1.165, 1.54) is 31.2 Å². The number of fused-ring (bicyclic) bond motifs is 5. The molecule has 0 unspecified atom stereocenters. The highest BCUT2D eigenvalue weighted by Gasteiger charge is 2.13. The number of thiophene rings is 1. The van der Waals surface area contributed by atoms with Crippen LogP contribution >= 0.6 is 34.2 Å². The maximum absolute atomic E-state index is 2.39. The molecule has 4 aromatic rings. The number of halogens is 1. The van der Waals surface area contributed by atoms with Crippen molar-refractivity contribution in [1.82, 2.24) is 2.78 Å². The molecule has 17 heavy (non-hydrogen) atoms. The quantitative estimate of drug-likeness (QED) is 0.384. The first kappa shape index (κ1) is 9.91. The molecule has 1 nitrogen and oxygen atoms in total. The number of para-hydroxylation sites is 1. The van der Waals surface area contributed by atoms with E-state index in [9.17, 15) is 0 Å². The van der Waals surface area contributed by atoms with E-state index in [0.29, 0.717) is 0 Å². The Morgan fingerprint density at radius 3 is 2.47 bits per heavy atom. The molecule has 4 rings (SSSR count). The van der Waals surface area contributed by atoms with Crippen LogP contribution in [0.1, 0.15) is 0 Å². The highest BCUT2D eigenvalue weighted by Crippen LogP contribution is 2.41. The number of aromatic nitrogens is 1. The molecular formula is C14H8INS. The minimum absolute atomic E-state index is 1.31. The van der Waals surface area contributed by atoms with Crippen molar-refractivity contribution in [1.29, 1.82) is 0 Å². The highest BCUT2D eigenvalue weighted by molar-refractivity contribution is 14.1. The first-order valence-corrected chi connectivity index (χ1v) is 7.21. The van der Waals surface area contributed by atoms with Gasteiger partial charge < -0.3 is 0 Å². The largest absolute Gasteiger partial charge is 0.273 e. The van der Waals surface area contributed by atoms with Crippen LogP contribution in [0, 0.1) is 0 Å². The Bertz CT molecular complexity index is 856. The standard InChI is InChI=1S/C14H8INS/c15-16-11-7-3-1-5-9(11)13-10-6-2-4-8-12(10)17-14(13)16/h1-8H. The topological polar surface area (TPSA) is 4.93 Å². The number of rotatable bonds is 0. The highest BCUT2D eigenvalue weighted by atomic mass is 127. The van der Waals surface area contributed by atoms with Crippen LogP contribution in [0.3, 0.4) is 0 Å². The van der Waals surface area contributed by atoms with E-state index in [1.54, 1.807) is 0 Å². The summed E-state index contributed by atoms with van der Waals surface area (Å²) >= 11 is 4.26. The van der Waals surface area contributed by atoms with Gasteiger partial charge in [-0.15, -0.1) is 11.3 Å². The molecule has 0 radical (unpaired) electrons. The van der Waals surface area contributed by atoms with Crippen LogP contribution in [0.5, 0.6) is 0 Å². The molecule has 0 spiro atoms. The van der Waals surface area contributed by atoms with Gasteiger partial charge in [-0.05, 0) is 12.1 Å². The Morgan fingerprint density at radius 1 is 0.882 bits per heavy atom. The van der Waals surface area contributed by atoms with E-state index in [2.05, 4.69) is 74.2 Å². The fraction of sp³-hybridized carbons (Fsp3) is 0. The van der Waals surface area contributed by atoms with E-state index in [1.807, 2.05) is 11.3 Å². The first-order valence-electron chi connectivity index (χ1n) is 5.43. The third-order valence-corrected chi connectivity index (χ3v) is 5.63. The van der Waals surface area contributed by atoms with Crippen LogP contribution in [-0.2, 0) is 0 Å². The van der Waals surface area contributed by atoms with Crippen molar-refractivity contribution < 1.29 is 0 Å². The molecule has 0 fully saturated rings. The predicted octanol–water partition coefficient (Wildman–Crippen LogP) is 5.21. The molecule has 0 amide bonds. The Kier molecular flexibility index (Phi) is 2.02. The molecule has 2 aromatic heterocycles. The molecular weight excluding hydrogens is 341 g/mol. The normalized spacial score (nSPS) is 11.8. The van der Waals surface area contributed by atoms with Gasteiger partial charge in [0.2, 0.25) is 0 Å². The molecule has 0 saturated heterocycles. The van der Waals surface area contributed by atoms with Crippen molar-refractivity contribution in [2.75, 3.05) is 0 Å². The molecule has 82 valence electrons. The summed E-state index contributed by atoms with van der Waals surface area (Å²) in [4.78, 5) is 1.35. The number of hydrogen-bond donors (Lipinski definition) is 0. The van der Waals surface area contributed by atoms with Gasteiger partial charge in [0.1, 0.15) is 4.83 Å². The van der Waals surface area contributed by atoms with Gasteiger partial charge in [-0.1, -0.05) is 36.4 Å². The van der Waals surface area contributed by atoms with Crippen molar-refractivity contribution in [3.8, 4) is 0 Å². The number of benzene rings is 2. The lowest BCUT2D eigenvalue weighted by molar-refractivity contribution is 1.53. The summed E-state index contributed by atoms with van der Waals surface area (Å²) in [6, 6.07) is 17.3. The summed E-state index contributed by atoms with van der Waals surface area (Å²) in [5, 5.41) is 4.13. The first-order chi connectivity index (χ1) is 8.36. The minimum Gasteiger partial charge on any atom is -0.273 e. The van der Waals surface area contributed by atoms with Crippen molar-refractivity contribution in [3.05, 3.63) is 48.5 Å². The Labute approximate surface area is 116 Å². The molecule has 0 saturated carbocycles. The van der Waals surface area contributed by atoms with Gasteiger partial charge in [-0.3, -0.25) is 2.78 Å². The summed E-state index contributed by atoms with van der Waals surface area (Å²) < 4.78 is 3.64. The van der Waals surface area contributed by atoms with Crippen LogP contribution in [-0.4, -0.2) is 2.78 Å². The van der Waals surface area contributed by atoms with Crippen LogP contribution in [0.2, 0.25) is 0 Å². The smallest absolute Gasteiger partial charge is 0.114 e. The van der Waals surface area contributed by atoms with Gasteiger partial charge in [-0.25, -0.2) is 0 Å². The Balaban J connectivity index is 2.41. The second-order valence-electron chi connectivity index (χ2n) is 4.08. The summed E-state index contributed by atoms with van der Waals surface area (Å²) in [5.74, 6) is 0. The lowest BCUT2D eigenvalue weighted by Crippen LogP contribution is -1.73. The molecule has 2 aromatic carbocycles. The molecule has 0 bridgehead atoms. The fourth-order valence-corrected chi connectivity index (χ4v) is 4.49. The molecule has 0 atom stereocenters. The fourth-order valence-electron chi connectivity index (χ4n) is 2.40. The van der Waals surface area contributed by atoms with Crippen LogP contribution in [0.4, 0.5) is 0 Å². The predicted molar refractivity (Wildman–Crippen MR) is 84.2 cm³/mol. The number of hydrogen-bond acceptors (Lipinski definition) is 1. The molecule has 0 aliphatic rings. The van der Waals surface area contributed by atoms with Crippen LogP contribution in [0.15, 0.2) is 48.5 Å². The van der Waals surface area contributed by atoms with Crippen molar-refractivity contribution in [2.45, 2.75) is 0 Å². The summed E-state index contributed by atoms with van der Waals surface area (Å²) in [6.45, 7) is 0. The maximum atomic E-state index is 2.39. The average molecular weight is 349 g/mol. The third kappa shape index (κ3) is 1.24. The minimum atomic E-state index is 1.31. The summed E-state index contributed by atoms with van der Waals surface area (Å²) in [7, 11) is 0. The average Bonchev–Trinajstić information content (AvgIpc) is 2.88. The van der Waals surface area contributed by atoms with Gasteiger partial charge in [0, 0.05) is 20.9 Å². The molecule has 0 aliphatic carbocycles. The maximum Gasteiger partial charge on any atom is 0.114 e. The number of nitrogens with zero attached hydrogens (tertiary/aromatic N) is 1. The second kappa shape index (κ2) is 3.46. The summed E-state index contributed by atoms with van der Waals surface area (Å²) in [6.07, 6.45) is 0. The second-order valence-corrected chi connectivity index (χ2v) is 6.07. The Morgan fingerprint density at radius 2 is 1.59 bits per heavy atom. The lowest BCUT2D eigenvalue weighted by Gasteiger charge is -1.93. The van der Waals surface area contributed by atoms with Gasteiger partial charge in [0.05, 0.1) is 28.4 Å². The third-order valence-electron chi connectivity index (χ3n) is 3.14. The monoisotopic (exact) mass is 349 g/mol. The zero-order valence-electron chi connectivity index (χ0n) is 8.85. The molecule has 3 heteroatoms. The van der Waals surface area contributed by atoms with Crippen LogP contribution < -0.4 is 0 Å². The van der Waals surface area contributed by atoms with Crippen molar-refractivity contribution in [3.63, 3.8) is 0 Å². The summed E-state index contributed by atoms with van der Waals surface area (Å²) in [5.41, 5.74) is 1.31. The lowest BCUT2D eigenvalue weighted by atomic mass is 10.1. The van der Waals surface area contributed by atoms with E-state index < -0.39 is 0 Å². The van der Waals surface area contributed by atoms with E-state index in [0.717, 1.165) is 0 Å².